The summed E-state index contributed by atoms with van der Waals surface area (Å²) in [5, 5.41) is 12.6. The number of nitriles is 1. The third-order valence-electron chi connectivity index (χ3n) is 3.38. The number of ether oxygens (including phenoxy) is 1. The highest BCUT2D eigenvalue weighted by Gasteiger charge is 2.12. The Labute approximate surface area is 160 Å². The quantitative estimate of drug-likeness (QED) is 0.524. The van der Waals surface area contributed by atoms with Gasteiger partial charge in [0.2, 0.25) is 0 Å². The highest BCUT2D eigenvalue weighted by molar-refractivity contribution is 9.10. The van der Waals surface area contributed by atoms with Gasteiger partial charge in [0.1, 0.15) is 17.4 Å². The van der Waals surface area contributed by atoms with E-state index in [2.05, 4.69) is 21.2 Å². The van der Waals surface area contributed by atoms with E-state index in [1.54, 1.807) is 36.4 Å². The van der Waals surface area contributed by atoms with Gasteiger partial charge in [-0.2, -0.15) is 5.26 Å². The molecule has 0 bridgehead atoms. The first kappa shape index (κ1) is 19.0. The molecule has 1 amide bonds. The lowest BCUT2D eigenvalue weighted by Crippen LogP contribution is -2.14. The average Bonchev–Trinajstić information content (AvgIpc) is 2.58. The zero-order valence-electron chi connectivity index (χ0n) is 13.8. The van der Waals surface area contributed by atoms with Crippen LogP contribution >= 0.6 is 27.5 Å². The zero-order chi connectivity index (χ0) is 18.4. The predicted octanol–water partition coefficient (Wildman–Crippen LogP) is 5.36. The molecular formula is C19H16BrClN2O2. The normalized spacial score (nSPS) is 10.9. The van der Waals surface area contributed by atoms with E-state index in [1.807, 2.05) is 19.9 Å². The van der Waals surface area contributed by atoms with Gasteiger partial charge in [0.25, 0.3) is 5.91 Å². The maximum atomic E-state index is 12.4. The molecule has 1 N–H and O–H groups in total. The molecule has 128 valence electrons. The van der Waals surface area contributed by atoms with Crippen LogP contribution in [0.25, 0.3) is 6.08 Å². The first-order valence-electron chi connectivity index (χ1n) is 7.56. The van der Waals surface area contributed by atoms with Crippen LogP contribution in [0.15, 0.2) is 46.4 Å². The number of carbonyl (C=O) groups excluding carboxylic acids is 1. The molecule has 4 nitrogen and oxygen atoms in total. The number of hydrogen-bond acceptors (Lipinski definition) is 3. The number of halogens is 2. The Morgan fingerprint density at radius 3 is 2.76 bits per heavy atom. The molecule has 0 aliphatic rings. The van der Waals surface area contributed by atoms with Gasteiger partial charge in [-0.25, -0.2) is 0 Å². The summed E-state index contributed by atoms with van der Waals surface area (Å²) >= 11 is 9.37. The van der Waals surface area contributed by atoms with Gasteiger partial charge in [0, 0.05) is 10.7 Å². The SMILES string of the molecule is CCOc1ccc(/C=C(\C#N)C(=O)Nc2cc(Cl)ccc2C)cc1Br. The van der Waals surface area contributed by atoms with Gasteiger partial charge in [-0.3, -0.25) is 4.79 Å². The summed E-state index contributed by atoms with van der Waals surface area (Å²) in [5.74, 6) is 0.218. The number of benzene rings is 2. The Bertz CT molecular complexity index is 872. The molecule has 0 aromatic heterocycles. The molecule has 2 aromatic rings. The lowest BCUT2D eigenvalue weighted by atomic mass is 10.1. The fourth-order valence-corrected chi connectivity index (χ4v) is 2.80. The number of aryl methyl sites for hydroxylation is 1. The van der Waals surface area contributed by atoms with E-state index in [4.69, 9.17) is 16.3 Å². The van der Waals surface area contributed by atoms with Gasteiger partial charge in [-0.1, -0.05) is 23.7 Å². The van der Waals surface area contributed by atoms with Gasteiger partial charge < -0.3 is 10.1 Å². The van der Waals surface area contributed by atoms with Crippen LogP contribution in [-0.4, -0.2) is 12.5 Å². The highest BCUT2D eigenvalue weighted by atomic mass is 79.9. The maximum Gasteiger partial charge on any atom is 0.266 e. The maximum absolute atomic E-state index is 12.4. The minimum absolute atomic E-state index is 0.00423. The molecule has 0 aliphatic carbocycles. The van der Waals surface area contributed by atoms with Crippen molar-refractivity contribution in [1.29, 1.82) is 5.26 Å². The van der Waals surface area contributed by atoms with Crippen LogP contribution in [0.5, 0.6) is 5.75 Å². The van der Waals surface area contributed by atoms with Crippen LogP contribution in [0.4, 0.5) is 5.69 Å². The third-order valence-corrected chi connectivity index (χ3v) is 4.23. The number of nitrogens with zero attached hydrogens (tertiary/aromatic N) is 1. The number of rotatable bonds is 5. The van der Waals surface area contributed by atoms with Crippen molar-refractivity contribution in [2.75, 3.05) is 11.9 Å². The van der Waals surface area contributed by atoms with E-state index in [-0.39, 0.29) is 5.57 Å². The molecular weight excluding hydrogens is 404 g/mol. The average molecular weight is 420 g/mol. The van der Waals surface area contributed by atoms with Gasteiger partial charge in [0.05, 0.1) is 11.1 Å². The lowest BCUT2D eigenvalue weighted by molar-refractivity contribution is -0.112. The van der Waals surface area contributed by atoms with Crippen molar-refractivity contribution in [2.24, 2.45) is 0 Å². The van der Waals surface area contributed by atoms with Crippen molar-refractivity contribution in [3.05, 3.63) is 62.6 Å². The molecule has 2 rings (SSSR count). The largest absolute Gasteiger partial charge is 0.493 e. The fourth-order valence-electron chi connectivity index (χ4n) is 2.11. The molecule has 0 saturated heterocycles. The Kier molecular flexibility index (Phi) is 6.63. The summed E-state index contributed by atoms with van der Waals surface area (Å²) in [7, 11) is 0. The lowest BCUT2D eigenvalue weighted by Gasteiger charge is -2.09. The molecule has 0 radical (unpaired) electrons. The fraction of sp³-hybridized carbons (Fsp3) is 0.158. The number of amides is 1. The molecule has 2 aromatic carbocycles. The second kappa shape index (κ2) is 8.70. The second-order valence-electron chi connectivity index (χ2n) is 5.21. The summed E-state index contributed by atoms with van der Waals surface area (Å²) in [6.07, 6.45) is 1.52. The molecule has 0 fully saturated rings. The summed E-state index contributed by atoms with van der Waals surface area (Å²) in [4.78, 5) is 12.4. The number of anilines is 1. The van der Waals surface area contributed by atoms with Crippen molar-refractivity contribution in [1.82, 2.24) is 0 Å². The van der Waals surface area contributed by atoms with E-state index < -0.39 is 5.91 Å². The summed E-state index contributed by atoms with van der Waals surface area (Å²) in [5.41, 5.74) is 2.14. The smallest absolute Gasteiger partial charge is 0.266 e. The molecule has 0 heterocycles. The zero-order valence-corrected chi connectivity index (χ0v) is 16.1. The van der Waals surface area contributed by atoms with Crippen molar-refractivity contribution < 1.29 is 9.53 Å². The first-order chi connectivity index (χ1) is 11.9. The number of nitrogens with one attached hydrogen (secondary N) is 1. The Morgan fingerprint density at radius 2 is 2.12 bits per heavy atom. The van der Waals surface area contributed by atoms with E-state index in [0.29, 0.717) is 28.6 Å². The molecule has 25 heavy (non-hydrogen) atoms. The van der Waals surface area contributed by atoms with E-state index >= 15 is 0 Å². The van der Waals surface area contributed by atoms with Crippen LogP contribution in [-0.2, 0) is 4.79 Å². The van der Waals surface area contributed by atoms with Gasteiger partial charge in [0.15, 0.2) is 0 Å². The van der Waals surface area contributed by atoms with Crippen molar-refractivity contribution in [3.63, 3.8) is 0 Å². The molecule has 0 atom stereocenters. The Hall–Kier alpha value is -2.29. The van der Waals surface area contributed by atoms with Crippen LogP contribution in [0.3, 0.4) is 0 Å². The van der Waals surface area contributed by atoms with Gasteiger partial charge >= 0.3 is 0 Å². The number of hydrogen-bond donors (Lipinski definition) is 1. The second-order valence-corrected chi connectivity index (χ2v) is 6.50. The Morgan fingerprint density at radius 1 is 1.36 bits per heavy atom. The highest BCUT2D eigenvalue weighted by Crippen LogP contribution is 2.27. The minimum Gasteiger partial charge on any atom is -0.493 e. The topological polar surface area (TPSA) is 62.1 Å². The van der Waals surface area contributed by atoms with E-state index in [0.717, 1.165) is 10.0 Å². The first-order valence-corrected chi connectivity index (χ1v) is 8.73. The van der Waals surface area contributed by atoms with Gasteiger partial charge in [-0.05, 0) is 71.2 Å². The molecule has 0 unspecified atom stereocenters. The minimum atomic E-state index is -0.488. The summed E-state index contributed by atoms with van der Waals surface area (Å²) in [6.45, 7) is 4.31. The molecule has 0 saturated carbocycles. The molecule has 0 spiro atoms. The molecule has 6 heteroatoms. The van der Waals surface area contributed by atoms with Crippen molar-refractivity contribution in [2.45, 2.75) is 13.8 Å². The van der Waals surface area contributed by atoms with Crippen molar-refractivity contribution >= 4 is 45.2 Å². The molecule has 0 aliphatic heterocycles. The van der Waals surface area contributed by atoms with E-state index in [1.165, 1.54) is 6.08 Å². The van der Waals surface area contributed by atoms with Gasteiger partial charge in [-0.15, -0.1) is 0 Å². The van der Waals surface area contributed by atoms with Crippen LogP contribution < -0.4 is 10.1 Å². The van der Waals surface area contributed by atoms with Crippen LogP contribution in [0.2, 0.25) is 5.02 Å². The van der Waals surface area contributed by atoms with E-state index in [9.17, 15) is 10.1 Å². The summed E-state index contributed by atoms with van der Waals surface area (Å²) in [6, 6.07) is 12.5. The third kappa shape index (κ3) is 5.09. The number of carbonyl (C=O) groups is 1. The van der Waals surface area contributed by atoms with Crippen LogP contribution in [0.1, 0.15) is 18.1 Å². The van der Waals surface area contributed by atoms with Crippen LogP contribution in [0, 0.1) is 18.3 Å². The monoisotopic (exact) mass is 418 g/mol. The predicted molar refractivity (Wildman–Crippen MR) is 104 cm³/mol. The standard InChI is InChI=1S/C19H16BrClN2O2/c1-3-25-18-7-5-13(9-16(18)20)8-14(11-22)19(24)23-17-10-15(21)6-4-12(17)2/h4-10H,3H2,1-2H3,(H,23,24)/b14-8+. The summed E-state index contributed by atoms with van der Waals surface area (Å²) < 4.78 is 6.21. The Balaban J connectivity index is 2.25. The van der Waals surface area contributed by atoms with Crippen molar-refractivity contribution in [3.8, 4) is 11.8 Å².